The molecule has 2 aromatic carbocycles. The molecule has 150 valence electrons. The Morgan fingerprint density at radius 2 is 2.07 bits per heavy atom. The highest BCUT2D eigenvalue weighted by atomic mass is 35.5. The molecule has 0 aliphatic heterocycles. The third-order valence-corrected chi connectivity index (χ3v) is 4.71. The van der Waals surface area contributed by atoms with E-state index >= 15 is 0 Å². The van der Waals surface area contributed by atoms with Crippen molar-refractivity contribution in [1.29, 1.82) is 0 Å². The molecule has 0 amide bonds. The largest absolute Gasteiger partial charge is 0.493 e. The molecule has 3 aromatic rings. The number of H-pyrrole nitrogens is 1. The van der Waals surface area contributed by atoms with Crippen molar-refractivity contribution < 1.29 is 14.3 Å². The number of halogens is 2. The maximum atomic E-state index is 12.4. The van der Waals surface area contributed by atoms with Gasteiger partial charge in [0.1, 0.15) is 0 Å². The average molecular weight is 451 g/mol. The molecule has 0 aliphatic carbocycles. The van der Waals surface area contributed by atoms with E-state index in [9.17, 15) is 4.79 Å². The van der Waals surface area contributed by atoms with Crippen molar-refractivity contribution in [3.05, 3.63) is 68.2 Å². The van der Waals surface area contributed by atoms with Gasteiger partial charge in [0.15, 0.2) is 17.3 Å². The number of hydrogen-bond donors (Lipinski definition) is 1. The lowest BCUT2D eigenvalue weighted by Gasteiger charge is -2.10. The van der Waals surface area contributed by atoms with E-state index in [1.54, 1.807) is 30.5 Å². The molecule has 7 nitrogen and oxygen atoms in total. The molecule has 0 atom stereocenters. The Hall–Kier alpha value is -2.68. The fourth-order valence-electron chi connectivity index (χ4n) is 2.46. The number of hydrogen-bond acceptors (Lipinski definition) is 6. The van der Waals surface area contributed by atoms with Crippen LogP contribution >= 0.6 is 35.4 Å². The van der Waals surface area contributed by atoms with Crippen LogP contribution in [-0.4, -0.2) is 34.2 Å². The molecule has 0 saturated heterocycles. The molecule has 0 radical (unpaired) electrons. The van der Waals surface area contributed by atoms with Gasteiger partial charge >= 0.3 is 5.97 Å². The Bertz CT molecular complexity index is 1140. The van der Waals surface area contributed by atoms with E-state index < -0.39 is 5.97 Å². The van der Waals surface area contributed by atoms with Gasteiger partial charge in [-0.05, 0) is 54.2 Å². The van der Waals surface area contributed by atoms with Crippen LogP contribution in [0.25, 0.3) is 0 Å². The fourth-order valence-corrected chi connectivity index (χ4v) is 3.14. The van der Waals surface area contributed by atoms with Crippen LogP contribution in [0, 0.1) is 4.77 Å². The smallest absolute Gasteiger partial charge is 0.345 e. The Morgan fingerprint density at radius 3 is 2.76 bits per heavy atom. The van der Waals surface area contributed by atoms with E-state index in [0.717, 1.165) is 5.56 Å². The van der Waals surface area contributed by atoms with Crippen molar-refractivity contribution in [2.24, 2.45) is 5.10 Å². The summed E-state index contributed by atoms with van der Waals surface area (Å²) in [7, 11) is 1.48. The molecule has 3 rings (SSSR count). The lowest BCUT2D eigenvalue weighted by atomic mass is 10.2. The van der Waals surface area contributed by atoms with E-state index in [2.05, 4.69) is 15.3 Å². The minimum absolute atomic E-state index is 0.199. The van der Waals surface area contributed by atoms with Crippen LogP contribution in [0.2, 0.25) is 10.0 Å². The number of rotatable bonds is 6. The van der Waals surface area contributed by atoms with Crippen LogP contribution < -0.4 is 9.47 Å². The number of carbonyl (C=O) groups excluding carboxylic acids is 1. The molecule has 0 aliphatic rings. The number of nitrogens with zero attached hydrogens (tertiary/aromatic N) is 3. The van der Waals surface area contributed by atoms with Gasteiger partial charge in [-0.2, -0.15) is 14.9 Å². The van der Waals surface area contributed by atoms with Crippen molar-refractivity contribution in [2.75, 3.05) is 7.11 Å². The molecule has 10 heteroatoms. The summed E-state index contributed by atoms with van der Waals surface area (Å²) in [6.07, 6.45) is 2.28. The summed E-state index contributed by atoms with van der Waals surface area (Å²) >= 11 is 17.1. The summed E-state index contributed by atoms with van der Waals surface area (Å²) in [6, 6.07) is 9.56. The zero-order chi connectivity index (χ0) is 21.0. The first-order valence-corrected chi connectivity index (χ1v) is 9.65. The topological polar surface area (TPSA) is 81.5 Å². The molecule has 1 N–H and O–H groups in total. The summed E-state index contributed by atoms with van der Waals surface area (Å²) in [5.74, 6) is 0.695. The standard InChI is InChI=1S/C19H16Cl2N4O3S/c1-3-17-23-24-19(29)25(17)22-10-11-4-7-15(16(8-11)27-2)28-18(26)13-6-5-12(20)9-14(13)21/h4-10H,3H2,1-2H3,(H,24,29)/b22-10+. The van der Waals surface area contributed by atoms with Gasteiger partial charge in [-0.25, -0.2) is 4.79 Å². The van der Waals surface area contributed by atoms with Crippen LogP contribution in [0.15, 0.2) is 41.5 Å². The van der Waals surface area contributed by atoms with Gasteiger partial charge in [0.2, 0.25) is 4.77 Å². The van der Waals surface area contributed by atoms with Gasteiger partial charge in [-0.15, -0.1) is 0 Å². The molecular weight excluding hydrogens is 435 g/mol. The van der Waals surface area contributed by atoms with Gasteiger partial charge in [-0.3, -0.25) is 5.10 Å². The van der Waals surface area contributed by atoms with Crippen LogP contribution in [0.5, 0.6) is 11.5 Å². The van der Waals surface area contributed by atoms with Crippen LogP contribution in [-0.2, 0) is 6.42 Å². The zero-order valence-electron chi connectivity index (χ0n) is 15.5. The summed E-state index contributed by atoms with van der Waals surface area (Å²) < 4.78 is 12.7. The molecule has 29 heavy (non-hydrogen) atoms. The van der Waals surface area contributed by atoms with E-state index in [1.165, 1.54) is 23.9 Å². The highest BCUT2D eigenvalue weighted by Crippen LogP contribution is 2.30. The van der Waals surface area contributed by atoms with E-state index in [4.69, 9.17) is 44.9 Å². The molecule has 0 spiro atoms. The second-order valence-corrected chi connectivity index (χ2v) is 7.01. The lowest BCUT2D eigenvalue weighted by Crippen LogP contribution is -2.10. The number of methoxy groups -OCH3 is 1. The number of carbonyl (C=O) groups is 1. The molecule has 0 bridgehead atoms. The van der Waals surface area contributed by atoms with Crippen LogP contribution in [0.1, 0.15) is 28.7 Å². The predicted molar refractivity (Wildman–Crippen MR) is 114 cm³/mol. The Balaban J connectivity index is 1.83. The number of nitrogens with one attached hydrogen (secondary N) is 1. The zero-order valence-corrected chi connectivity index (χ0v) is 17.8. The first kappa shape index (κ1) is 21.0. The first-order valence-electron chi connectivity index (χ1n) is 8.48. The van der Waals surface area contributed by atoms with Crippen molar-refractivity contribution in [1.82, 2.24) is 14.9 Å². The molecule has 0 fully saturated rings. The maximum absolute atomic E-state index is 12.4. The number of esters is 1. The highest BCUT2D eigenvalue weighted by Gasteiger charge is 2.16. The van der Waals surface area contributed by atoms with Gasteiger partial charge < -0.3 is 9.47 Å². The summed E-state index contributed by atoms with van der Waals surface area (Å²) in [5.41, 5.74) is 0.918. The maximum Gasteiger partial charge on any atom is 0.345 e. The minimum atomic E-state index is -0.622. The average Bonchev–Trinajstić information content (AvgIpc) is 3.06. The summed E-state index contributed by atoms with van der Waals surface area (Å²) in [6.45, 7) is 1.95. The Labute approximate surface area is 181 Å². The number of benzene rings is 2. The van der Waals surface area contributed by atoms with Crippen molar-refractivity contribution in [3.8, 4) is 11.5 Å². The van der Waals surface area contributed by atoms with Crippen molar-refractivity contribution >= 4 is 47.6 Å². The van der Waals surface area contributed by atoms with E-state index in [1.807, 2.05) is 6.92 Å². The molecule has 1 heterocycles. The Kier molecular flexibility index (Phi) is 6.68. The summed E-state index contributed by atoms with van der Waals surface area (Å²) in [5, 5.41) is 11.8. The lowest BCUT2D eigenvalue weighted by molar-refractivity contribution is 0.0730. The second kappa shape index (κ2) is 9.21. The second-order valence-electron chi connectivity index (χ2n) is 5.78. The fraction of sp³-hybridized carbons (Fsp3) is 0.158. The normalized spacial score (nSPS) is 11.0. The molecule has 0 unspecified atom stereocenters. The third-order valence-electron chi connectivity index (χ3n) is 3.90. The number of aromatic nitrogens is 3. The molecule has 1 aromatic heterocycles. The van der Waals surface area contributed by atoms with Gasteiger partial charge in [0, 0.05) is 11.4 Å². The van der Waals surface area contributed by atoms with Gasteiger partial charge in [0.05, 0.1) is 23.9 Å². The van der Waals surface area contributed by atoms with Crippen molar-refractivity contribution in [3.63, 3.8) is 0 Å². The number of ether oxygens (including phenoxy) is 2. The monoisotopic (exact) mass is 450 g/mol. The quantitative estimate of drug-likeness (QED) is 0.249. The SMILES string of the molecule is CCc1n[nH]c(=S)n1/N=C/c1ccc(OC(=O)c2ccc(Cl)cc2Cl)c(OC)c1. The highest BCUT2D eigenvalue weighted by molar-refractivity contribution is 7.71. The number of aryl methyl sites for hydroxylation is 1. The first-order chi connectivity index (χ1) is 13.9. The van der Waals surface area contributed by atoms with Crippen molar-refractivity contribution in [2.45, 2.75) is 13.3 Å². The van der Waals surface area contributed by atoms with Gasteiger partial charge in [0.25, 0.3) is 0 Å². The van der Waals surface area contributed by atoms with E-state index in [-0.39, 0.29) is 16.3 Å². The Morgan fingerprint density at radius 1 is 1.28 bits per heavy atom. The molecule has 0 saturated carbocycles. The van der Waals surface area contributed by atoms with Crippen LogP contribution in [0.4, 0.5) is 0 Å². The number of aromatic amines is 1. The summed E-state index contributed by atoms with van der Waals surface area (Å²) in [4.78, 5) is 12.4. The predicted octanol–water partition coefficient (Wildman–Crippen LogP) is 4.92. The van der Waals surface area contributed by atoms with E-state index in [0.29, 0.717) is 27.8 Å². The third kappa shape index (κ3) is 4.84. The van der Waals surface area contributed by atoms with Crippen LogP contribution in [0.3, 0.4) is 0 Å². The minimum Gasteiger partial charge on any atom is -0.493 e. The van der Waals surface area contributed by atoms with Gasteiger partial charge in [-0.1, -0.05) is 30.1 Å². The molecular formula is C19H16Cl2N4O3S.